The van der Waals surface area contributed by atoms with Crippen molar-refractivity contribution in [3.63, 3.8) is 0 Å². The Morgan fingerprint density at radius 3 is 2.25 bits per heavy atom. The molecule has 0 radical (unpaired) electrons. The van der Waals surface area contributed by atoms with E-state index in [1.165, 1.54) is 0 Å². The number of aliphatic hydroxyl groups excluding tert-OH is 1. The van der Waals surface area contributed by atoms with E-state index in [1.54, 1.807) is 6.92 Å². The lowest BCUT2D eigenvalue weighted by Gasteiger charge is -2.06. The first kappa shape index (κ1) is 11.0. The summed E-state index contributed by atoms with van der Waals surface area (Å²) in [5, 5.41) is 8.31. The molecule has 0 aliphatic heterocycles. The SMILES string of the molecule is CCC/C(=C\O)C(=O)C(F)(F)F. The van der Waals surface area contributed by atoms with Gasteiger partial charge in [-0.3, -0.25) is 4.79 Å². The lowest BCUT2D eigenvalue weighted by atomic mass is 10.1. The summed E-state index contributed by atoms with van der Waals surface area (Å²) >= 11 is 0. The second-order valence-corrected chi connectivity index (χ2v) is 2.23. The highest BCUT2D eigenvalue weighted by molar-refractivity contribution is 5.99. The summed E-state index contributed by atoms with van der Waals surface area (Å²) < 4.78 is 35.1. The third kappa shape index (κ3) is 2.94. The van der Waals surface area contributed by atoms with Crippen molar-refractivity contribution in [3.8, 4) is 0 Å². The number of hydrogen-bond acceptors (Lipinski definition) is 2. The number of alkyl halides is 3. The Kier molecular flexibility index (Phi) is 3.79. The van der Waals surface area contributed by atoms with Gasteiger partial charge in [0.15, 0.2) is 0 Å². The van der Waals surface area contributed by atoms with Crippen LogP contribution in [0, 0.1) is 0 Å². The number of hydrogen-bond donors (Lipinski definition) is 1. The number of carbonyl (C=O) groups excluding carboxylic acids is 1. The minimum atomic E-state index is -4.89. The molecule has 5 heteroatoms. The molecule has 0 heterocycles. The predicted octanol–water partition coefficient (Wildman–Crippen LogP) is 2.36. The van der Waals surface area contributed by atoms with Crippen molar-refractivity contribution in [3.05, 3.63) is 11.8 Å². The third-order valence-electron chi connectivity index (χ3n) is 1.22. The maximum absolute atomic E-state index is 11.7. The van der Waals surface area contributed by atoms with Gasteiger partial charge < -0.3 is 5.11 Å². The van der Waals surface area contributed by atoms with Gasteiger partial charge in [-0.2, -0.15) is 13.2 Å². The van der Waals surface area contributed by atoms with Crippen LogP contribution in [-0.2, 0) is 4.79 Å². The van der Waals surface area contributed by atoms with Crippen LogP contribution < -0.4 is 0 Å². The number of Topliss-reactive ketones (excluding diaryl/α,β-unsaturated/α-hetero) is 1. The number of ketones is 1. The van der Waals surface area contributed by atoms with Crippen LogP contribution in [0.15, 0.2) is 11.8 Å². The molecule has 70 valence electrons. The van der Waals surface area contributed by atoms with Gasteiger partial charge in [0.05, 0.1) is 6.26 Å². The monoisotopic (exact) mass is 182 g/mol. The van der Waals surface area contributed by atoms with Gasteiger partial charge in [0.1, 0.15) is 0 Å². The van der Waals surface area contributed by atoms with E-state index in [4.69, 9.17) is 5.11 Å². The van der Waals surface area contributed by atoms with Crippen molar-refractivity contribution in [2.75, 3.05) is 0 Å². The molecule has 0 fully saturated rings. The molecule has 0 amide bonds. The van der Waals surface area contributed by atoms with Gasteiger partial charge >= 0.3 is 6.18 Å². The van der Waals surface area contributed by atoms with E-state index in [9.17, 15) is 18.0 Å². The summed E-state index contributed by atoms with van der Waals surface area (Å²) in [6.07, 6.45) is -4.34. The van der Waals surface area contributed by atoms with Gasteiger partial charge in [0.2, 0.25) is 0 Å². The number of aliphatic hydroxyl groups is 1. The summed E-state index contributed by atoms with van der Waals surface area (Å²) in [5.41, 5.74) is -0.593. The number of carbonyl (C=O) groups is 1. The summed E-state index contributed by atoms with van der Waals surface area (Å²) in [5.74, 6) is -1.97. The first-order chi connectivity index (χ1) is 5.43. The molecule has 0 atom stereocenters. The van der Waals surface area contributed by atoms with E-state index >= 15 is 0 Å². The van der Waals surface area contributed by atoms with Crippen molar-refractivity contribution in [1.29, 1.82) is 0 Å². The Bertz CT molecular complexity index is 193. The summed E-state index contributed by atoms with van der Waals surface area (Å²) in [4.78, 5) is 10.4. The standard InChI is InChI=1S/C7H9F3O2/c1-2-3-5(4-11)6(12)7(8,9)10/h4,11H,2-3H2,1H3/b5-4+. The van der Waals surface area contributed by atoms with Crippen molar-refractivity contribution in [1.82, 2.24) is 0 Å². The van der Waals surface area contributed by atoms with E-state index in [0.29, 0.717) is 6.42 Å². The zero-order valence-electron chi connectivity index (χ0n) is 6.48. The van der Waals surface area contributed by atoms with Crippen LogP contribution >= 0.6 is 0 Å². The molecule has 0 bridgehead atoms. The largest absolute Gasteiger partial charge is 0.515 e. The molecular weight excluding hydrogens is 173 g/mol. The average Bonchev–Trinajstić information content (AvgIpc) is 1.97. The highest BCUT2D eigenvalue weighted by Gasteiger charge is 2.40. The Hall–Kier alpha value is -1.00. The minimum Gasteiger partial charge on any atom is -0.515 e. The van der Waals surface area contributed by atoms with Gasteiger partial charge in [-0.15, -0.1) is 0 Å². The predicted molar refractivity (Wildman–Crippen MR) is 36.7 cm³/mol. The van der Waals surface area contributed by atoms with Crippen LogP contribution in [0.25, 0.3) is 0 Å². The molecule has 0 aliphatic carbocycles. The maximum atomic E-state index is 11.7. The fourth-order valence-electron chi connectivity index (χ4n) is 0.688. The zero-order valence-corrected chi connectivity index (χ0v) is 6.48. The fourth-order valence-corrected chi connectivity index (χ4v) is 0.688. The van der Waals surface area contributed by atoms with Gasteiger partial charge in [-0.05, 0) is 6.42 Å². The number of rotatable bonds is 3. The molecule has 2 nitrogen and oxygen atoms in total. The lowest BCUT2D eigenvalue weighted by molar-refractivity contribution is -0.166. The Morgan fingerprint density at radius 2 is 2.00 bits per heavy atom. The summed E-state index contributed by atoms with van der Waals surface area (Å²) in [7, 11) is 0. The summed E-state index contributed by atoms with van der Waals surface area (Å²) in [6.45, 7) is 1.62. The maximum Gasteiger partial charge on any atom is 0.454 e. The fraction of sp³-hybridized carbons (Fsp3) is 0.571. The van der Waals surface area contributed by atoms with Gasteiger partial charge in [-0.25, -0.2) is 0 Å². The third-order valence-corrected chi connectivity index (χ3v) is 1.22. The van der Waals surface area contributed by atoms with E-state index in [-0.39, 0.29) is 12.7 Å². The Balaban J connectivity index is 4.45. The smallest absolute Gasteiger partial charge is 0.454 e. The molecular formula is C7H9F3O2. The molecule has 0 aromatic carbocycles. The molecule has 0 saturated heterocycles. The second kappa shape index (κ2) is 4.13. The highest BCUT2D eigenvalue weighted by Crippen LogP contribution is 2.22. The van der Waals surface area contributed by atoms with E-state index in [2.05, 4.69) is 0 Å². The average molecular weight is 182 g/mol. The molecule has 0 rings (SSSR count). The molecule has 0 unspecified atom stereocenters. The van der Waals surface area contributed by atoms with E-state index in [0.717, 1.165) is 0 Å². The molecule has 0 aliphatic rings. The van der Waals surface area contributed by atoms with Crippen LogP contribution in [0.5, 0.6) is 0 Å². The quantitative estimate of drug-likeness (QED) is 0.537. The first-order valence-corrected chi connectivity index (χ1v) is 3.38. The zero-order chi connectivity index (χ0) is 9.78. The van der Waals surface area contributed by atoms with Gasteiger partial charge in [-0.1, -0.05) is 13.3 Å². The molecule has 0 aromatic heterocycles. The van der Waals surface area contributed by atoms with Crippen LogP contribution in [0.4, 0.5) is 13.2 Å². The topological polar surface area (TPSA) is 37.3 Å². The van der Waals surface area contributed by atoms with Crippen molar-refractivity contribution >= 4 is 5.78 Å². The van der Waals surface area contributed by atoms with Crippen LogP contribution in [0.2, 0.25) is 0 Å². The van der Waals surface area contributed by atoms with Crippen LogP contribution in [0.1, 0.15) is 19.8 Å². The molecule has 0 spiro atoms. The van der Waals surface area contributed by atoms with E-state index < -0.39 is 17.5 Å². The lowest BCUT2D eigenvalue weighted by Crippen LogP contribution is -2.24. The first-order valence-electron chi connectivity index (χ1n) is 3.38. The van der Waals surface area contributed by atoms with Crippen molar-refractivity contribution in [2.45, 2.75) is 25.9 Å². The Morgan fingerprint density at radius 1 is 1.50 bits per heavy atom. The Labute approximate surface area is 67.7 Å². The van der Waals surface area contributed by atoms with Crippen LogP contribution in [-0.4, -0.2) is 17.1 Å². The minimum absolute atomic E-state index is 0.0607. The molecule has 0 saturated carbocycles. The normalized spacial score (nSPS) is 13.2. The summed E-state index contributed by atoms with van der Waals surface area (Å²) in [6, 6.07) is 0. The number of allylic oxidation sites excluding steroid dienone is 1. The van der Waals surface area contributed by atoms with Gasteiger partial charge in [0.25, 0.3) is 5.78 Å². The molecule has 1 N–H and O–H groups in total. The second-order valence-electron chi connectivity index (χ2n) is 2.23. The van der Waals surface area contributed by atoms with E-state index in [1.807, 2.05) is 0 Å². The van der Waals surface area contributed by atoms with Crippen molar-refractivity contribution < 1.29 is 23.1 Å². The van der Waals surface area contributed by atoms with Crippen LogP contribution in [0.3, 0.4) is 0 Å². The van der Waals surface area contributed by atoms with Crippen molar-refractivity contribution in [2.24, 2.45) is 0 Å². The highest BCUT2D eigenvalue weighted by atomic mass is 19.4. The van der Waals surface area contributed by atoms with Gasteiger partial charge in [0, 0.05) is 5.57 Å². The molecule has 12 heavy (non-hydrogen) atoms. The molecule has 0 aromatic rings. The number of halogens is 3.